The van der Waals surface area contributed by atoms with E-state index in [1.165, 1.54) is 0 Å². The van der Waals surface area contributed by atoms with Gasteiger partial charge in [0, 0.05) is 38.6 Å². The van der Waals surface area contributed by atoms with Gasteiger partial charge in [-0.15, -0.1) is 10.2 Å². The summed E-state index contributed by atoms with van der Waals surface area (Å²) in [6.45, 7) is 2.62. The molecule has 0 radical (unpaired) electrons. The average molecular weight is 383 g/mol. The van der Waals surface area contributed by atoms with Crippen LogP contribution in [0.15, 0.2) is 60.9 Å². The van der Waals surface area contributed by atoms with Gasteiger partial charge in [-0.25, -0.2) is 4.79 Å². The van der Waals surface area contributed by atoms with Gasteiger partial charge in [0.05, 0.1) is 10.7 Å². The molecule has 1 N–H and O–H groups in total. The number of benzene rings is 1. The Bertz CT molecular complexity index is 904. The molecule has 1 aliphatic heterocycles. The Labute approximate surface area is 162 Å². The molecular formula is C19H19ClN6O. The number of urea groups is 1. The number of carbonyl (C=O) groups is 1. The van der Waals surface area contributed by atoms with Crippen LogP contribution in [0.25, 0.3) is 5.82 Å². The molecule has 1 aromatic carbocycles. The van der Waals surface area contributed by atoms with Crippen LogP contribution in [-0.2, 0) is 0 Å². The molecule has 0 unspecified atom stereocenters. The molecule has 1 aliphatic rings. The number of halogens is 1. The van der Waals surface area contributed by atoms with Crippen molar-refractivity contribution < 1.29 is 4.79 Å². The summed E-state index contributed by atoms with van der Waals surface area (Å²) in [5.74, 6) is 1.60. The number of anilines is 2. The highest BCUT2D eigenvalue weighted by Crippen LogP contribution is 2.21. The Morgan fingerprint density at radius 3 is 2.22 bits per heavy atom. The summed E-state index contributed by atoms with van der Waals surface area (Å²) in [6.07, 6.45) is 3.86. The van der Waals surface area contributed by atoms with Gasteiger partial charge in [-0.05, 0) is 36.4 Å². The zero-order valence-corrected chi connectivity index (χ0v) is 15.4. The van der Waals surface area contributed by atoms with Gasteiger partial charge in [-0.2, -0.15) is 0 Å². The van der Waals surface area contributed by atoms with Crippen molar-refractivity contribution in [1.82, 2.24) is 19.7 Å². The molecule has 3 aromatic rings. The Morgan fingerprint density at radius 1 is 0.889 bits per heavy atom. The monoisotopic (exact) mass is 382 g/mol. The number of nitrogens with one attached hydrogen (secondary N) is 1. The van der Waals surface area contributed by atoms with E-state index in [0.29, 0.717) is 36.9 Å². The van der Waals surface area contributed by atoms with Crippen molar-refractivity contribution >= 4 is 29.1 Å². The molecule has 2 amide bonds. The van der Waals surface area contributed by atoms with Gasteiger partial charge in [-0.1, -0.05) is 23.7 Å². The number of rotatable bonds is 3. The van der Waals surface area contributed by atoms with Crippen molar-refractivity contribution in [3.05, 3.63) is 65.9 Å². The van der Waals surface area contributed by atoms with Crippen LogP contribution >= 0.6 is 11.6 Å². The third-order valence-electron chi connectivity index (χ3n) is 4.51. The van der Waals surface area contributed by atoms with E-state index in [-0.39, 0.29) is 6.03 Å². The van der Waals surface area contributed by atoms with E-state index in [0.717, 1.165) is 11.6 Å². The number of amides is 2. The molecule has 0 saturated carbocycles. The van der Waals surface area contributed by atoms with Crippen LogP contribution in [-0.4, -0.2) is 51.9 Å². The predicted octanol–water partition coefficient (Wildman–Crippen LogP) is 3.27. The van der Waals surface area contributed by atoms with Crippen molar-refractivity contribution in [2.75, 3.05) is 36.4 Å². The first kappa shape index (κ1) is 17.4. The third-order valence-corrected chi connectivity index (χ3v) is 4.84. The normalized spacial score (nSPS) is 14.3. The van der Waals surface area contributed by atoms with Crippen molar-refractivity contribution in [3.63, 3.8) is 0 Å². The number of aromatic nitrogens is 3. The standard InChI is InChI=1S/C19H19ClN6O/c20-15-5-1-2-6-16(15)21-19(27)26-13-11-25(12-14-26)18-8-7-17(22-23-18)24-9-3-4-10-24/h1-10H,11-14H2,(H,21,27). The molecule has 0 atom stereocenters. The zero-order chi connectivity index (χ0) is 18.6. The quantitative estimate of drug-likeness (QED) is 0.755. The summed E-state index contributed by atoms with van der Waals surface area (Å²) in [7, 11) is 0. The second-order valence-corrected chi connectivity index (χ2v) is 6.63. The van der Waals surface area contributed by atoms with Gasteiger partial charge < -0.3 is 19.7 Å². The lowest BCUT2D eigenvalue weighted by atomic mass is 10.3. The number of hydrogen-bond acceptors (Lipinski definition) is 4. The lowest BCUT2D eigenvalue weighted by Gasteiger charge is -2.35. The highest BCUT2D eigenvalue weighted by Gasteiger charge is 2.22. The van der Waals surface area contributed by atoms with Crippen LogP contribution in [0.5, 0.6) is 0 Å². The predicted molar refractivity (Wildman–Crippen MR) is 106 cm³/mol. The van der Waals surface area contributed by atoms with Crippen LogP contribution < -0.4 is 10.2 Å². The molecule has 1 saturated heterocycles. The van der Waals surface area contributed by atoms with Gasteiger partial charge in [0.25, 0.3) is 0 Å². The molecule has 0 aliphatic carbocycles. The molecule has 138 valence electrons. The van der Waals surface area contributed by atoms with Gasteiger partial charge >= 0.3 is 6.03 Å². The molecule has 2 aromatic heterocycles. The van der Waals surface area contributed by atoms with Crippen LogP contribution in [0, 0.1) is 0 Å². The summed E-state index contributed by atoms with van der Waals surface area (Å²) in [5, 5.41) is 12.0. The fraction of sp³-hybridized carbons (Fsp3) is 0.211. The van der Waals surface area contributed by atoms with Gasteiger partial charge in [0.1, 0.15) is 0 Å². The first-order chi connectivity index (χ1) is 13.2. The summed E-state index contributed by atoms with van der Waals surface area (Å²) in [5.41, 5.74) is 0.623. The highest BCUT2D eigenvalue weighted by molar-refractivity contribution is 6.33. The first-order valence-corrected chi connectivity index (χ1v) is 9.11. The second kappa shape index (κ2) is 7.67. The molecule has 0 spiro atoms. The van der Waals surface area contributed by atoms with Crippen LogP contribution in [0.2, 0.25) is 5.02 Å². The number of piperazine rings is 1. The largest absolute Gasteiger partial charge is 0.352 e. The van der Waals surface area contributed by atoms with Gasteiger partial charge in [0.15, 0.2) is 11.6 Å². The lowest BCUT2D eigenvalue weighted by molar-refractivity contribution is 0.208. The first-order valence-electron chi connectivity index (χ1n) is 8.73. The minimum Gasteiger partial charge on any atom is -0.352 e. The lowest BCUT2D eigenvalue weighted by Crippen LogP contribution is -2.50. The summed E-state index contributed by atoms with van der Waals surface area (Å²) >= 11 is 6.10. The topological polar surface area (TPSA) is 66.3 Å². The summed E-state index contributed by atoms with van der Waals surface area (Å²) in [6, 6.07) is 14.9. The van der Waals surface area contributed by atoms with Crippen LogP contribution in [0.1, 0.15) is 0 Å². The maximum atomic E-state index is 12.4. The van der Waals surface area contributed by atoms with Crippen LogP contribution in [0.4, 0.5) is 16.3 Å². The Balaban J connectivity index is 1.34. The molecule has 1 fully saturated rings. The van der Waals surface area contributed by atoms with E-state index < -0.39 is 0 Å². The summed E-state index contributed by atoms with van der Waals surface area (Å²) in [4.78, 5) is 16.4. The van der Waals surface area contributed by atoms with Crippen molar-refractivity contribution in [3.8, 4) is 5.82 Å². The molecule has 27 heavy (non-hydrogen) atoms. The number of carbonyl (C=O) groups excluding carboxylic acids is 1. The fourth-order valence-corrected chi connectivity index (χ4v) is 3.19. The molecule has 7 nitrogen and oxygen atoms in total. The van der Waals surface area contributed by atoms with E-state index in [2.05, 4.69) is 20.4 Å². The molecule has 8 heteroatoms. The van der Waals surface area contributed by atoms with E-state index in [1.807, 2.05) is 53.4 Å². The number of para-hydroxylation sites is 1. The maximum absolute atomic E-state index is 12.4. The number of nitrogens with zero attached hydrogens (tertiary/aromatic N) is 5. The number of hydrogen-bond donors (Lipinski definition) is 1. The van der Waals surface area contributed by atoms with Crippen molar-refractivity contribution in [2.45, 2.75) is 0 Å². The highest BCUT2D eigenvalue weighted by atomic mass is 35.5. The molecular weight excluding hydrogens is 364 g/mol. The zero-order valence-electron chi connectivity index (χ0n) is 14.6. The Kier molecular flexibility index (Phi) is 4.93. The Hall–Kier alpha value is -3.06. The van der Waals surface area contributed by atoms with Crippen LogP contribution in [0.3, 0.4) is 0 Å². The summed E-state index contributed by atoms with van der Waals surface area (Å²) < 4.78 is 1.91. The second-order valence-electron chi connectivity index (χ2n) is 6.22. The minimum absolute atomic E-state index is 0.142. The van der Waals surface area contributed by atoms with E-state index in [4.69, 9.17) is 11.6 Å². The minimum atomic E-state index is -0.142. The van der Waals surface area contributed by atoms with Gasteiger partial charge in [-0.3, -0.25) is 0 Å². The molecule has 3 heterocycles. The van der Waals surface area contributed by atoms with E-state index >= 15 is 0 Å². The van der Waals surface area contributed by atoms with Gasteiger partial charge in [0.2, 0.25) is 0 Å². The van der Waals surface area contributed by atoms with E-state index in [1.54, 1.807) is 17.0 Å². The molecule has 0 bridgehead atoms. The average Bonchev–Trinajstić information content (AvgIpc) is 3.25. The SMILES string of the molecule is O=C(Nc1ccccc1Cl)N1CCN(c2ccc(-n3cccc3)nn2)CC1. The van der Waals surface area contributed by atoms with Crippen molar-refractivity contribution in [1.29, 1.82) is 0 Å². The molecule has 4 rings (SSSR count). The Morgan fingerprint density at radius 2 is 1.56 bits per heavy atom. The third kappa shape index (κ3) is 3.88. The maximum Gasteiger partial charge on any atom is 0.322 e. The van der Waals surface area contributed by atoms with E-state index in [9.17, 15) is 4.79 Å². The van der Waals surface area contributed by atoms with Crippen molar-refractivity contribution in [2.24, 2.45) is 0 Å². The fourth-order valence-electron chi connectivity index (χ4n) is 3.01. The smallest absolute Gasteiger partial charge is 0.322 e.